The molecule has 0 spiro atoms. The zero-order valence-electron chi connectivity index (χ0n) is 8.26. The quantitative estimate of drug-likeness (QED) is 0.741. The molecule has 5 heteroatoms. The third-order valence-corrected chi connectivity index (χ3v) is 1.56. The number of nitrogens with zero attached hydrogens (tertiary/aromatic N) is 4. The second-order valence-corrected chi connectivity index (χ2v) is 2.62. The number of hydrogen-bond acceptors (Lipinski definition) is 2. The summed E-state index contributed by atoms with van der Waals surface area (Å²) >= 11 is 0. The minimum Gasteiger partial charge on any atom is -0.341 e. The van der Waals surface area contributed by atoms with Crippen LogP contribution < -0.4 is 0 Å². The first-order valence-corrected chi connectivity index (χ1v) is 4.20. The van der Waals surface area contributed by atoms with Crippen LogP contribution in [0.25, 0.3) is 0 Å². The Bertz CT molecular complexity index is 301. The maximum atomic E-state index is 3.86. The molecule has 14 heavy (non-hydrogen) atoms. The number of aromatic nitrogens is 4. The fourth-order valence-corrected chi connectivity index (χ4v) is 0.800. The molecule has 0 aromatic carbocycles. The van der Waals surface area contributed by atoms with Gasteiger partial charge in [0.2, 0.25) is 0 Å². The van der Waals surface area contributed by atoms with E-state index in [-0.39, 0.29) is 22.4 Å². The van der Waals surface area contributed by atoms with E-state index in [1.165, 1.54) is 0 Å². The second kappa shape index (κ2) is 7.55. The van der Waals surface area contributed by atoms with Crippen LogP contribution in [0, 0.1) is 0 Å². The molecule has 2 aromatic rings. The zero-order valence-corrected chi connectivity index (χ0v) is 9.74. The Labute approximate surface area is 99.5 Å². The molecule has 0 atom stereocenters. The summed E-state index contributed by atoms with van der Waals surface area (Å²) in [7, 11) is 1.94. The van der Waals surface area contributed by atoms with Gasteiger partial charge < -0.3 is 9.13 Å². The molecule has 2 aromatic heterocycles. The summed E-state index contributed by atoms with van der Waals surface area (Å²) in [5, 5.41) is 0. The summed E-state index contributed by atoms with van der Waals surface area (Å²) < 4.78 is 3.90. The van der Waals surface area contributed by atoms with Gasteiger partial charge in [0, 0.05) is 60.8 Å². The summed E-state index contributed by atoms with van der Waals surface area (Å²) in [5.74, 6) is 0. The maximum absolute atomic E-state index is 3.86. The minimum atomic E-state index is 0. The first kappa shape index (κ1) is 13.2. The molecule has 81 valence electrons. The minimum absolute atomic E-state index is 0. The number of aryl methyl sites for hydroxylation is 2. The Morgan fingerprint density at radius 1 is 1.07 bits per heavy atom. The predicted octanol–water partition coefficient (Wildman–Crippen LogP) is 1.32. The van der Waals surface area contributed by atoms with Gasteiger partial charge in [0.05, 0.1) is 12.7 Å². The van der Waals surface area contributed by atoms with Gasteiger partial charge in [0.15, 0.2) is 0 Å². The average molecular weight is 286 g/mol. The normalized spacial score (nSPS) is 8.43. The number of rotatable bonds is 1. The first-order valence-electron chi connectivity index (χ1n) is 4.20. The molecule has 4 nitrogen and oxygen atoms in total. The van der Waals surface area contributed by atoms with E-state index in [1.54, 1.807) is 25.0 Å². The van der Waals surface area contributed by atoms with E-state index in [2.05, 4.69) is 16.9 Å². The smallest absolute Gasteiger partial charge is 0.0945 e. The second-order valence-electron chi connectivity index (χ2n) is 2.62. The monoisotopic (exact) mass is 285 g/mol. The van der Waals surface area contributed by atoms with E-state index < -0.39 is 0 Å². The molecule has 0 saturated carbocycles. The van der Waals surface area contributed by atoms with Crippen molar-refractivity contribution in [3.8, 4) is 0 Å². The van der Waals surface area contributed by atoms with Gasteiger partial charge >= 0.3 is 0 Å². The van der Waals surface area contributed by atoms with Crippen LogP contribution in [0.5, 0.6) is 0 Å². The third-order valence-electron chi connectivity index (χ3n) is 1.56. The largest absolute Gasteiger partial charge is 0.341 e. The Balaban J connectivity index is 0.000000227. The Kier molecular flexibility index (Phi) is 7.10. The molecular weight excluding hydrogens is 272 g/mol. The first-order chi connectivity index (χ1) is 6.33. The SMILES string of the molecule is CCn1ccnc1.Cn1ccnc1.[Ag]. The van der Waals surface area contributed by atoms with Crippen LogP contribution in [0.4, 0.5) is 0 Å². The molecule has 0 N–H and O–H groups in total. The molecule has 0 aliphatic carbocycles. The van der Waals surface area contributed by atoms with Gasteiger partial charge in [-0.15, -0.1) is 0 Å². The van der Waals surface area contributed by atoms with Gasteiger partial charge in [-0.3, -0.25) is 0 Å². The van der Waals surface area contributed by atoms with E-state index in [1.807, 2.05) is 28.6 Å². The molecule has 0 amide bonds. The van der Waals surface area contributed by atoms with Crippen molar-refractivity contribution >= 4 is 0 Å². The van der Waals surface area contributed by atoms with Crippen LogP contribution in [0.2, 0.25) is 0 Å². The molecule has 1 radical (unpaired) electrons. The van der Waals surface area contributed by atoms with Crippen LogP contribution in [0.15, 0.2) is 37.4 Å². The van der Waals surface area contributed by atoms with E-state index in [0.29, 0.717) is 0 Å². The van der Waals surface area contributed by atoms with Crippen molar-refractivity contribution in [2.75, 3.05) is 0 Å². The van der Waals surface area contributed by atoms with Crippen LogP contribution in [-0.2, 0) is 36.0 Å². The fourth-order valence-electron chi connectivity index (χ4n) is 0.800. The van der Waals surface area contributed by atoms with Crippen LogP contribution in [0.3, 0.4) is 0 Å². The maximum Gasteiger partial charge on any atom is 0.0945 e. The van der Waals surface area contributed by atoms with Gasteiger partial charge in [-0.2, -0.15) is 0 Å². The van der Waals surface area contributed by atoms with Crippen LogP contribution in [-0.4, -0.2) is 19.1 Å². The molecule has 2 rings (SSSR count). The molecule has 0 saturated heterocycles. The van der Waals surface area contributed by atoms with Crippen molar-refractivity contribution < 1.29 is 22.4 Å². The molecule has 0 bridgehead atoms. The van der Waals surface area contributed by atoms with Gasteiger partial charge in [-0.05, 0) is 6.92 Å². The number of hydrogen-bond donors (Lipinski definition) is 0. The summed E-state index contributed by atoms with van der Waals surface area (Å²) in [6, 6.07) is 0. The van der Waals surface area contributed by atoms with Crippen LogP contribution >= 0.6 is 0 Å². The molecule has 2 heterocycles. The van der Waals surface area contributed by atoms with Gasteiger partial charge in [0.25, 0.3) is 0 Å². The van der Waals surface area contributed by atoms with E-state index in [9.17, 15) is 0 Å². The summed E-state index contributed by atoms with van der Waals surface area (Å²) in [4.78, 5) is 7.64. The Hall–Kier alpha value is -0.840. The summed E-state index contributed by atoms with van der Waals surface area (Å²) in [5.41, 5.74) is 0. The van der Waals surface area contributed by atoms with E-state index in [4.69, 9.17) is 0 Å². The average Bonchev–Trinajstić information content (AvgIpc) is 2.76. The molecule has 0 fully saturated rings. The Morgan fingerprint density at radius 3 is 1.93 bits per heavy atom. The molecular formula is C9H14AgN4. The topological polar surface area (TPSA) is 35.6 Å². The van der Waals surface area contributed by atoms with Crippen molar-refractivity contribution in [3.63, 3.8) is 0 Å². The molecule has 0 aliphatic rings. The van der Waals surface area contributed by atoms with Crippen molar-refractivity contribution in [1.82, 2.24) is 19.1 Å². The summed E-state index contributed by atoms with van der Waals surface area (Å²) in [6.45, 7) is 3.10. The van der Waals surface area contributed by atoms with E-state index >= 15 is 0 Å². The van der Waals surface area contributed by atoms with Crippen molar-refractivity contribution in [2.45, 2.75) is 13.5 Å². The van der Waals surface area contributed by atoms with Gasteiger partial charge in [-0.1, -0.05) is 0 Å². The van der Waals surface area contributed by atoms with Crippen molar-refractivity contribution in [3.05, 3.63) is 37.4 Å². The van der Waals surface area contributed by atoms with Gasteiger partial charge in [-0.25, -0.2) is 9.97 Å². The van der Waals surface area contributed by atoms with Gasteiger partial charge in [0.1, 0.15) is 0 Å². The Morgan fingerprint density at radius 2 is 1.71 bits per heavy atom. The molecule has 0 unspecified atom stereocenters. The third kappa shape index (κ3) is 5.01. The standard InChI is InChI=1S/C5H8N2.C4H6N2.Ag/c1-2-7-4-3-6-5-7;1-6-3-2-5-4-6;/h3-5H,2H2,1H3;2-4H,1H3;. The van der Waals surface area contributed by atoms with Crippen molar-refractivity contribution in [1.29, 1.82) is 0 Å². The zero-order chi connectivity index (χ0) is 9.52. The van der Waals surface area contributed by atoms with E-state index in [0.717, 1.165) is 6.54 Å². The molecule has 0 aliphatic heterocycles. The van der Waals surface area contributed by atoms with Crippen LogP contribution in [0.1, 0.15) is 6.92 Å². The predicted molar refractivity (Wildman–Crippen MR) is 51.1 cm³/mol. The fraction of sp³-hybridized carbons (Fsp3) is 0.333. The number of imidazole rings is 2. The van der Waals surface area contributed by atoms with Crippen molar-refractivity contribution in [2.24, 2.45) is 7.05 Å². The summed E-state index contributed by atoms with van der Waals surface area (Å²) in [6.07, 6.45) is 10.9.